The molecule has 0 aromatic heterocycles. The van der Waals surface area contributed by atoms with Gasteiger partial charge in [-0.15, -0.1) is 0 Å². The van der Waals surface area contributed by atoms with Crippen molar-refractivity contribution >= 4 is 5.78 Å². The number of Topliss-reactive ketones (excluding diaryl/α,β-unsaturated/α-hetero) is 1. The highest BCUT2D eigenvalue weighted by molar-refractivity contribution is 5.80. The van der Waals surface area contributed by atoms with Gasteiger partial charge >= 0.3 is 0 Å². The molecule has 1 heterocycles. The van der Waals surface area contributed by atoms with Gasteiger partial charge in [0, 0.05) is 6.42 Å². The van der Waals surface area contributed by atoms with Crippen molar-refractivity contribution in [3.05, 3.63) is 0 Å². The summed E-state index contributed by atoms with van der Waals surface area (Å²) in [5.41, 5.74) is 0. The molecule has 1 aliphatic heterocycles. The summed E-state index contributed by atoms with van der Waals surface area (Å²) in [6.07, 6.45) is -0.625. The Hall–Kier alpha value is -0.490. The van der Waals surface area contributed by atoms with E-state index in [9.17, 15) is 15.0 Å². The van der Waals surface area contributed by atoms with Crippen LogP contribution in [0.1, 0.15) is 33.1 Å². The third-order valence-corrected chi connectivity index (χ3v) is 2.81. The van der Waals surface area contributed by atoms with Crippen LogP contribution < -0.4 is 0 Å². The van der Waals surface area contributed by atoms with Gasteiger partial charge in [0.05, 0.1) is 19.3 Å². The van der Waals surface area contributed by atoms with Crippen molar-refractivity contribution < 1.29 is 24.5 Å². The van der Waals surface area contributed by atoms with Gasteiger partial charge in [-0.25, -0.2) is 0 Å². The van der Waals surface area contributed by atoms with E-state index in [2.05, 4.69) is 0 Å². The zero-order valence-electron chi connectivity index (χ0n) is 9.81. The van der Waals surface area contributed by atoms with E-state index < -0.39 is 23.8 Å². The first-order valence-corrected chi connectivity index (χ1v) is 5.59. The maximum absolute atomic E-state index is 10.8. The molecule has 0 radical (unpaired) electrons. The third-order valence-electron chi connectivity index (χ3n) is 2.81. The van der Waals surface area contributed by atoms with Gasteiger partial charge in [-0.1, -0.05) is 0 Å². The molecule has 2 atom stereocenters. The van der Waals surface area contributed by atoms with Crippen LogP contribution in [0.3, 0.4) is 0 Å². The first kappa shape index (κ1) is 13.6. The lowest BCUT2D eigenvalue weighted by atomic mass is 10.0. The molecule has 0 aliphatic carbocycles. The Balaban J connectivity index is 2.22. The number of carbonyl (C=O) groups excluding carboxylic acids is 1. The molecule has 0 unspecified atom stereocenters. The molecule has 16 heavy (non-hydrogen) atoms. The number of hydrogen-bond donors (Lipinski definition) is 2. The van der Waals surface area contributed by atoms with Crippen molar-refractivity contribution in [2.75, 3.05) is 13.2 Å². The Bertz CT molecular complexity index is 235. The summed E-state index contributed by atoms with van der Waals surface area (Å²) < 4.78 is 10.8. The molecule has 0 bridgehead atoms. The fourth-order valence-electron chi connectivity index (χ4n) is 1.76. The van der Waals surface area contributed by atoms with Crippen molar-refractivity contribution in [3.63, 3.8) is 0 Å². The summed E-state index contributed by atoms with van der Waals surface area (Å²) in [6.45, 7) is 4.30. The van der Waals surface area contributed by atoms with Gasteiger partial charge in [-0.2, -0.15) is 0 Å². The molecular formula is C11H20O5. The molecule has 1 fully saturated rings. The fourth-order valence-corrected chi connectivity index (χ4v) is 1.76. The van der Waals surface area contributed by atoms with Gasteiger partial charge in [0.2, 0.25) is 0 Å². The van der Waals surface area contributed by atoms with Crippen LogP contribution in [0, 0.1) is 0 Å². The molecule has 0 aromatic rings. The number of aliphatic hydroxyl groups is 2. The second-order valence-electron chi connectivity index (χ2n) is 4.35. The molecule has 1 rings (SSSR count). The molecular weight excluding hydrogens is 212 g/mol. The second kappa shape index (κ2) is 5.72. The van der Waals surface area contributed by atoms with Crippen LogP contribution in [-0.2, 0) is 14.3 Å². The molecule has 0 aromatic carbocycles. The standard InChI is InChI=1S/C11H20O5/c1-8(12)10(14)9(13)4-3-5-11(2)15-6-7-16-11/h9-10,13-14H,3-7H2,1-2H3/t9-,10-/m1/s1. The average Bonchev–Trinajstić information content (AvgIpc) is 2.64. The first-order valence-electron chi connectivity index (χ1n) is 5.59. The molecule has 0 spiro atoms. The van der Waals surface area contributed by atoms with E-state index >= 15 is 0 Å². The number of aliphatic hydroxyl groups excluding tert-OH is 2. The minimum absolute atomic E-state index is 0.364. The normalized spacial score (nSPS) is 23.0. The highest BCUT2D eigenvalue weighted by Crippen LogP contribution is 2.25. The Morgan fingerprint density at radius 2 is 1.94 bits per heavy atom. The number of hydrogen-bond acceptors (Lipinski definition) is 5. The highest BCUT2D eigenvalue weighted by Gasteiger charge is 2.31. The summed E-state index contributed by atoms with van der Waals surface area (Å²) >= 11 is 0. The number of rotatable bonds is 6. The van der Waals surface area contributed by atoms with Crippen LogP contribution in [0.4, 0.5) is 0 Å². The SMILES string of the molecule is CC(=O)[C@@H](O)[C@H](O)CCCC1(C)OCCO1. The fraction of sp³-hybridized carbons (Fsp3) is 0.909. The van der Waals surface area contributed by atoms with Gasteiger partial charge in [-0.05, 0) is 26.7 Å². The zero-order valence-corrected chi connectivity index (χ0v) is 9.81. The summed E-state index contributed by atoms with van der Waals surface area (Å²) in [5, 5.41) is 18.8. The number of ether oxygens (including phenoxy) is 2. The number of carbonyl (C=O) groups is 1. The maximum atomic E-state index is 10.8. The molecule has 0 amide bonds. The summed E-state index contributed by atoms with van der Waals surface area (Å²) in [5.74, 6) is -0.979. The molecule has 2 N–H and O–H groups in total. The van der Waals surface area contributed by atoms with Crippen LogP contribution in [0.15, 0.2) is 0 Å². The van der Waals surface area contributed by atoms with E-state index in [1.54, 1.807) is 0 Å². The lowest BCUT2D eigenvalue weighted by Crippen LogP contribution is -2.33. The lowest BCUT2D eigenvalue weighted by molar-refractivity contribution is -0.149. The van der Waals surface area contributed by atoms with Crippen molar-refractivity contribution in [1.29, 1.82) is 0 Å². The Kier molecular flexibility index (Phi) is 4.86. The molecule has 5 heteroatoms. The van der Waals surface area contributed by atoms with Crippen LogP contribution in [0.2, 0.25) is 0 Å². The van der Waals surface area contributed by atoms with E-state index in [1.807, 2.05) is 6.92 Å². The molecule has 0 saturated carbocycles. The Labute approximate surface area is 95.4 Å². The van der Waals surface area contributed by atoms with Crippen LogP contribution >= 0.6 is 0 Å². The van der Waals surface area contributed by atoms with Crippen molar-refractivity contribution in [1.82, 2.24) is 0 Å². The zero-order chi connectivity index (χ0) is 12.2. The predicted octanol–water partition coefficient (Wildman–Crippen LogP) is 0.230. The van der Waals surface area contributed by atoms with Crippen LogP contribution in [-0.4, -0.2) is 47.2 Å². The predicted molar refractivity (Wildman–Crippen MR) is 56.9 cm³/mol. The van der Waals surface area contributed by atoms with E-state index in [0.717, 1.165) is 0 Å². The summed E-state index contributed by atoms with van der Waals surface area (Å²) in [4.78, 5) is 10.8. The Morgan fingerprint density at radius 1 is 1.38 bits per heavy atom. The smallest absolute Gasteiger partial charge is 0.165 e. The second-order valence-corrected chi connectivity index (χ2v) is 4.35. The van der Waals surface area contributed by atoms with Gasteiger partial charge in [-0.3, -0.25) is 4.79 Å². The quantitative estimate of drug-likeness (QED) is 0.685. The summed E-state index contributed by atoms with van der Waals surface area (Å²) in [7, 11) is 0. The topological polar surface area (TPSA) is 76.0 Å². The number of ketones is 1. The van der Waals surface area contributed by atoms with E-state index in [-0.39, 0.29) is 0 Å². The van der Waals surface area contributed by atoms with Crippen molar-refractivity contribution in [3.8, 4) is 0 Å². The highest BCUT2D eigenvalue weighted by atomic mass is 16.7. The van der Waals surface area contributed by atoms with Crippen LogP contribution in [0.5, 0.6) is 0 Å². The Morgan fingerprint density at radius 3 is 2.44 bits per heavy atom. The minimum Gasteiger partial charge on any atom is -0.390 e. The molecule has 1 aliphatic rings. The van der Waals surface area contributed by atoms with Gasteiger partial charge < -0.3 is 19.7 Å². The summed E-state index contributed by atoms with van der Waals surface area (Å²) in [6, 6.07) is 0. The molecule has 94 valence electrons. The van der Waals surface area contributed by atoms with E-state index in [0.29, 0.717) is 32.5 Å². The maximum Gasteiger partial charge on any atom is 0.165 e. The molecule has 5 nitrogen and oxygen atoms in total. The minimum atomic E-state index is -1.28. The van der Waals surface area contributed by atoms with E-state index in [4.69, 9.17) is 9.47 Å². The molecule has 1 saturated heterocycles. The van der Waals surface area contributed by atoms with Crippen molar-refractivity contribution in [2.24, 2.45) is 0 Å². The average molecular weight is 232 g/mol. The lowest BCUT2D eigenvalue weighted by Gasteiger charge is -2.23. The van der Waals surface area contributed by atoms with Gasteiger partial charge in [0.25, 0.3) is 0 Å². The van der Waals surface area contributed by atoms with Crippen LogP contribution in [0.25, 0.3) is 0 Å². The third kappa shape index (κ3) is 3.83. The van der Waals surface area contributed by atoms with Crippen molar-refractivity contribution in [2.45, 2.75) is 51.1 Å². The van der Waals surface area contributed by atoms with Gasteiger partial charge in [0.15, 0.2) is 11.6 Å². The monoisotopic (exact) mass is 232 g/mol. The van der Waals surface area contributed by atoms with E-state index in [1.165, 1.54) is 6.92 Å². The first-order chi connectivity index (χ1) is 7.44. The largest absolute Gasteiger partial charge is 0.390 e. The van der Waals surface area contributed by atoms with Gasteiger partial charge in [0.1, 0.15) is 6.10 Å².